The average Bonchev–Trinajstić information content (AvgIpc) is 3.63. The number of likely N-dealkylation sites (tertiary alicyclic amines) is 1. The number of carbonyl (C=O) groups is 2. The zero-order valence-corrected chi connectivity index (χ0v) is 19.3. The Balaban J connectivity index is 1.31. The number of hydrogen-bond donors (Lipinski definition) is 3. The largest absolute Gasteiger partial charge is 0.434 e. The molecule has 1 aliphatic heterocycles. The van der Waals surface area contributed by atoms with Crippen LogP contribution in [0.2, 0.25) is 0 Å². The first-order valence-electron chi connectivity index (χ1n) is 11.3. The first-order chi connectivity index (χ1) is 17.7. The predicted octanol–water partition coefficient (Wildman–Crippen LogP) is 3.59. The standard InChI is InChI=1S/C24H21F3N8O2/c1-2-20(36)30-16-5-3-14(4-6-16)22(37)34-10-9-17(13-34)31-23-32-19-8-7-18(15-11-28-29-12-15)21(24(25,26)27)35(19)33-23/h2-8,11-12,17H,1,9-10,13H2,(H,28,29)(H,30,36)(H,31,33). The number of nitrogens with zero attached hydrogens (tertiary/aromatic N) is 5. The fourth-order valence-electron chi connectivity index (χ4n) is 4.23. The minimum atomic E-state index is -4.68. The Kier molecular flexibility index (Phi) is 6.11. The summed E-state index contributed by atoms with van der Waals surface area (Å²) in [6, 6.07) is 9.03. The van der Waals surface area contributed by atoms with Crippen LogP contribution in [-0.2, 0) is 11.0 Å². The SMILES string of the molecule is C=CC(=O)Nc1ccc(C(=O)N2CCC(Nc3nc4ccc(-c5cn[nH]c5)c(C(F)(F)F)n4n3)C2)cc1. The van der Waals surface area contributed by atoms with Crippen molar-refractivity contribution in [3.8, 4) is 11.1 Å². The summed E-state index contributed by atoms with van der Waals surface area (Å²) < 4.78 is 42.7. The number of anilines is 2. The van der Waals surface area contributed by atoms with Gasteiger partial charge in [-0.2, -0.15) is 23.3 Å². The van der Waals surface area contributed by atoms with Gasteiger partial charge in [0.1, 0.15) is 0 Å². The highest BCUT2D eigenvalue weighted by molar-refractivity contribution is 5.99. The van der Waals surface area contributed by atoms with Crippen molar-refractivity contribution in [2.45, 2.75) is 18.6 Å². The first-order valence-corrected chi connectivity index (χ1v) is 11.3. The van der Waals surface area contributed by atoms with Gasteiger partial charge in [0.2, 0.25) is 11.9 Å². The summed E-state index contributed by atoms with van der Waals surface area (Å²) in [7, 11) is 0. The number of alkyl halides is 3. The van der Waals surface area contributed by atoms with E-state index < -0.39 is 11.9 Å². The number of amides is 2. The van der Waals surface area contributed by atoms with Gasteiger partial charge in [-0.05, 0) is 48.9 Å². The van der Waals surface area contributed by atoms with E-state index >= 15 is 0 Å². The lowest BCUT2D eigenvalue weighted by Crippen LogP contribution is -2.31. The molecule has 3 aromatic heterocycles. The Labute approximate surface area is 208 Å². The van der Waals surface area contributed by atoms with Crippen molar-refractivity contribution < 1.29 is 22.8 Å². The van der Waals surface area contributed by atoms with Crippen LogP contribution in [-0.4, -0.2) is 60.6 Å². The average molecular weight is 510 g/mol. The normalized spacial score (nSPS) is 15.6. The summed E-state index contributed by atoms with van der Waals surface area (Å²) in [5, 5.41) is 16.0. The summed E-state index contributed by atoms with van der Waals surface area (Å²) in [5.74, 6) is -0.512. The minimum absolute atomic E-state index is 0.0384. The Hall–Kier alpha value is -4.68. The molecule has 5 rings (SSSR count). The van der Waals surface area contributed by atoms with Crippen molar-refractivity contribution >= 4 is 29.1 Å². The Morgan fingerprint density at radius 1 is 1.16 bits per heavy atom. The van der Waals surface area contributed by atoms with E-state index in [2.05, 4.69) is 37.5 Å². The van der Waals surface area contributed by atoms with Gasteiger partial charge in [-0.15, -0.1) is 5.10 Å². The second kappa shape index (κ2) is 9.41. The van der Waals surface area contributed by atoms with Gasteiger partial charge >= 0.3 is 6.18 Å². The van der Waals surface area contributed by atoms with Crippen LogP contribution in [0.4, 0.5) is 24.8 Å². The lowest BCUT2D eigenvalue weighted by molar-refractivity contribution is -0.142. The molecule has 190 valence electrons. The second-order valence-corrected chi connectivity index (χ2v) is 8.44. The number of aromatic amines is 1. The number of halogens is 3. The molecule has 0 saturated carbocycles. The summed E-state index contributed by atoms with van der Waals surface area (Å²) in [6.07, 6.45) is -0.279. The molecule has 0 bridgehead atoms. The fraction of sp³-hybridized carbons (Fsp3) is 0.208. The number of pyridine rings is 1. The molecule has 0 spiro atoms. The van der Waals surface area contributed by atoms with E-state index in [1.165, 1.54) is 24.5 Å². The molecule has 0 aliphatic carbocycles. The molecule has 37 heavy (non-hydrogen) atoms. The van der Waals surface area contributed by atoms with E-state index in [0.29, 0.717) is 30.8 Å². The highest BCUT2D eigenvalue weighted by Crippen LogP contribution is 2.37. The van der Waals surface area contributed by atoms with Crippen LogP contribution >= 0.6 is 0 Å². The molecule has 1 unspecified atom stereocenters. The molecule has 0 radical (unpaired) electrons. The van der Waals surface area contributed by atoms with Crippen LogP contribution in [0.25, 0.3) is 16.8 Å². The van der Waals surface area contributed by atoms with Gasteiger partial charge < -0.3 is 15.5 Å². The fourth-order valence-corrected chi connectivity index (χ4v) is 4.23. The van der Waals surface area contributed by atoms with Crippen LogP contribution in [0, 0.1) is 0 Å². The van der Waals surface area contributed by atoms with Gasteiger partial charge in [-0.1, -0.05) is 6.58 Å². The van der Waals surface area contributed by atoms with Gasteiger partial charge in [0.15, 0.2) is 11.3 Å². The third-order valence-corrected chi connectivity index (χ3v) is 5.97. The number of hydrogen-bond acceptors (Lipinski definition) is 6. The number of nitrogens with one attached hydrogen (secondary N) is 3. The summed E-state index contributed by atoms with van der Waals surface area (Å²) in [5.41, 5.74) is 0.275. The number of benzene rings is 1. The van der Waals surface area contributed by atoms with E-state index in [9.17, 15) is 22.8 Å². The molecule has 1 atom stereocenters. The zero-order chi connectivity index (χ0) is 26.2. The monoisotopic (exact) mass is 510 g/mol. The van der Waals surface area contributed by atoms with Crippen LogP contribution in [0.15, 0.2) is 61.4 Å². The van der Waals surface area contributed by atoms with Gasteiger partial charge in [0.25, 0.3) is 5.91 Å². The van der Waals surface area contributed by atoms with E-state index in [1.54, 1.807) is 29.2 Å². The zero-order valence-electron chi connectivity index (χ0n) is 19.3. The van der Waals surface area contributed by atoms with Gasteiger partial charge in [-0.3, -0.25) is 14.7 Å². The molecule has 1 fully saturated rings. The van der Waals surface area contributed by atoms with Crippen LogP contribution < -0.4 is 10.6 Å². The van der Waals surface area contributed by atoms with E-state index in [0.717, 1.165) is 10.6 Å². The maximum absolute atomic E-state index is 14.0. The quantitative estimate of drug-likeness (QED) is 0.341. The maximum atomic E-state index is 14.0. The molecule has 13 heteroatoms. The van der Waals surface area contributed by atoms with Gasteiger partial charge in [0.05, 0.1) is 6.20 Å². The predicted molar refractivity (Wildman–Crippen MR) is 129 cm³/mol. The molecule has 3 N–H and O–H groups in total. The molecular weight excluding hydrogens is 489 g/mol. The maximum Gasteiger partial charge on any atom is 0.434 e. The molecule has 1 aliphatic rings. The van der Waals surface area contributed by atoms with Crippen molar-refractivity contribution in [2.24, 2.45) is 0 Å². The molecule has 4 aromatic rings. The van der Waals surface area contributed by atoms with Crippen molar-refractivity contribution in [2.75, 3.05) is 23.7 Å². The van der Waals surface area contributed by atoms with Crippen molar-refractivity contribution in [1.82, 2.24) is 29.7 Å². The minimum Gasteiger partial charge on any atom is -0.348 e. The Morgan fingerprint density at radius 3 is 2.62 bits per heavy atom. The number of fused-ring (bicyclic) bond motifs is 1. The number of aromatic nitrogens is 5. The topological polar surface area (TPSA) is 120 Å². The summed E-state index contributed by atoms with van der Waals surface area (Å²) in [4.78, 5) is 30.2. The first kappa shape index (κ1) is 24.0. The van der Waals surface area contributed by atoms with Crippen LogP contribution in [0.1, 0.15) is 22.5 Å². The lowest BCUT2D eigenvalue weighted by Gasteiger charge is -2.17. The Bertz CT molecular complexity index is 1460. The molecule has 1 saturated heterocycles. The number of rotatable bonds is 6. The van der Waals surface area contributed by atoms with E-state index in [1.807, 2.05) is 0 Å². The molecule has 2 amide bonds. The molecule has 10 nitrogen and oxygen atoms in total. The van der Waals surface area contributed by atoms with E-state index in [-0.39, 0.29) is 40.6 Å². The molecular formula is C24H21F3N8O2. The summed E-state index contributed by atoms with van der Waals surface area (Å²) in [6.45, 7) is 4.18. The smallest absolute Gasteiger partial charge is 0.348 e. The van der Waals surface area contributed by atoms with Crippen molar-refractivity contribution in [3.05, 3.63) is 72.7 Å². The molecule has 1 aromatic carbocycles. The second-order valence-electron chi connectivity index (χ2n) is 8.44. The highest BCUT2D eigenvalue weighted by Gasteiger charge is 2.38. The lowest BCUT2D eigenvalue weighted by atomic mass is 10.1. The van der Waals surface area contributed by atoms with Gasteiger partial charge in [-0.25, -0.2) is 4.52 Å². The third kappa shape index (κ3) is 4.87. The van der Waals surface area contributed by atoms with Crippen molar-refractivity contribution in [3.63, 3.8) is 0 Å². The van der Waals surface area contributed by atoms with E-state index in [4.69, 9.17) is 0 Å². The van der Waals surface area contributed by atoms with Crippen molar-refractivity contribution in [1.29, 1.82) is 0 Å². The molecule has 4 heterocycles. The van der Waals surface area contributed by atoms with Crippen LogP contribution in [0.5, 0.6) is 0 Å². The van der Waals surface area contributed by atoms with Crippen LogP contribution in [0.3, 0.4) is 0 Å². The Morgan fingerprint density at radius 2 is 1.95 bits per heavy atom. The number of H-pyrrole nitrogens is 1. The number of carbonyl (C=O) groups excluding carboxylic acids is 2. The highest BCUT2D eigenvalue weighted by atomic mass is 19.4. The third-order valence-electron chi connectivity index (χ3n) is 5.97. The summed E-state index contributed by atoms with van der Waals surface area (Å²) >= 11 is 0. The van der Waals surface area contributed by atoms with Gasteiger partial charge in [0, 0.05) is 47.7 Å².